The van der Waals surface area contributed by atoms with E-state index in [4.69, 9.17) is 32.7 Å². The summed E-state index contributed by atoms with van der Waals surface area (Å²) in [6, 6.07) is 8.89. The van der Waals surface area contributed by atoms with Gasteiger partial charge in [0.2, 0.25) is 5.91 Å². The van der Waals surface area contributed by atoms with Crippen LogP contribution in [-0.2, 0) is 11.3 Å². The molecule has 1 heterocycles. The van der Waals surface area contributed by atoms with Gasteiger partial charge in [0.1, 0.15) is 5.52 Å². The fourth-order valence-electron chi connectivity index (χ4n) is 2.46. The lowest BCUT2D eigenvalue weighted by Gasteiger charge is -2.10. The third-order valence-electron chi connectivity index (χ3n) is 3.76. The number of aromatic nitrogens is 2. The lowest BCUT2D eigenvalue weighted by atomic mass is 10.2. The number of H-pyrrole nitrogens is 1. The highest BCUT2D eigenvalue weighted by molar-refractivity contribution is 7.99. The van der Waals surface area contributed by atoms with Crippen LogP contribution in [0.4, 0.5) is 0 Å². The summed E-state index contributed by atoms with van der Waals surface area (Å²) < 4.78 is 10.5. The standard InChI is InChI=1S/C18H17Cl2N3O3S/c1-25-14-4-3-10(5-15(14)26-2)8-21-16(24)9-27-18-22-13-7-11(19)6-12(20)17(13)23-18/h3-7H,8-9H2,1-2H3,(H,21,24)(H,22,23). The van der Waals surface area contributed by atoms with Crippen LogP contribution in [0.15, 0.2) is 35.5 Å². The van der Waals surface area contributed by atoms with Gasteiger partial charge >= 0.3 is 0 Å². The summed E-state index contributed by atoms with van der Waals surface area (Å²) in [5, 5.41) is 4.47. The topological polar surface area (TPSA) is 76.2 Å². The van der Waals surface area contributed by atoms with Crippen LogP contribution in [0, 0.1) is 0 Å². The van der Waals surface area contributed by atoms with Gasteiger partial charge in [-0.15, -0.1) is 0 Å². The van der Waals surface area contributed by atoms with Crippen LogP contribution in [0.3, 0.4) is 0 Å². The zero-order valence-corrected chi connectivity index (χ0v) is 17.0. The normalized spacial score (nSPS) is 10.8. The van der Waals surface area contributed by atoms with Crippen LogP contribution < -0.4 is 14.8 Å². The van der Waals surface area contributed by atoms with Crippen LogP contribution >= 0.6 is 35.0 Å². The van der Waals surface area contributed by atoms with Crippen molar-refractivity contribution in [3.63, 3.8) is 0 Å². The van der Waals surface area contributed by atoms with E-state index in [2.05, 4.69) is 15.3 Å². The summed E-state index contributed by atoms with van der Waals surface area (Å²) in [7, 11) is 3.15. The summed E-state index contributed by atoms with van der Waals surface area (Å²) in [5.41, 5.74) is 2.28. The van der Waals surface area contributed by atoms with Gasteiger partial charge in [0.05, 0.1) is 30.5 Å². The molecular formula is C18H17Cl2N3O3S. The number of imidazole rings is 1. The van der Waals surface area contributed by atoms with Crippen LogP contribution in [-0.4, -0.2) is 35.8 Å². The number of halogens is 2. The summed E-state index contributed by atoms with van der Waals surface area (Å²) in [5.74, 6) is 1.38. The zero-order valence-electron chi connectivity index (χ0n) is 14.6. The number of benzene rings is 2. The first-order valence-electron chi connectivity index (χ1n) is 7.95. The minimum absolute atomic E-state index is 0.112. The number of nitrogens with zero attached hydrogens (tertiary/aromatic N) is 1. The predicted octanol–water partition coefficient (Wildman–Crippen LogP) is 4.30. The molecule has 0 spiro atoms. The molecule has 0 aliphatic carbocycles. The van der Waals surface area contributed by atoms with Crippen LogP contribution in [0.1, 0.15) is 5.56 Å². The second-order valence-corrected chi connectivity index (χ2v) is 7.39. The van der Waals surface area contributed by atoms with Crippen molar-refractivity contribution >= 4 is 51.9 Å². The molecule has 0 bridgehead atoms. The van der Waals surface area contributed by atoms with Crippen molar-refractivity contribution in [2.75, 3.05) is 20.0 Å². The Morgan fingerprint density at radius 2 is 1.96 bits per heavy atom. The molecule has 0 atom stereocenters. The lowest BCUT2D eigenvalue weighted by molar-refractivity contribution is -0.118. The summed E-state index contributed by atoms with van der Waals surface area (Å²) in [6.45, 7) is 0.390. The Labute approximate surface area is 170 Å². The minimum atomic E-state index is -0.112. The molecule has 0 saturated heterocycles. The van der Waals surface area contributed by atoms with Gasteiger partial charge in [0.25, 0.3) is 0 Å². The number of rotatable bonds is 7. The molecule has 27 heavy (non-hydrogen) atoms. The average molecular weight is 426 g/mol. The molecule has 0 saturated carbocycles. The number of fused-ring (bicyclic) bond motifs is 1. The van der Waals surface area contributed by atoms with Crippen molar-refractivity contribution in [3.8, 4) is 11.5 Å². The highest BCUT2D eigenvalue weighted by Gasteiger charge is 2.11. The van der Waals surface area contributed by atoms with Crippen molar-refractivity contribution in [3.05, 3.63) is 45.9 Å². The number of aromatic amines is 1. The molecule has 9 heteroatoms. The van der Waals surface area contributed by atoms with Gasteiger partial charge in [0.15, 0.2) is 16.7 Å². The quantitative estimate of drug-likeness (QED) is 0.551. The number of amides is 1. The smallest absolute Gasteiger partial charge is 0.230 e. The summed E-state index contributed by atoms with van der Waals surface area (Å²) in [4.78, 5) is 19.6. The Hall–Kier alpha value is -2.09. The molecule has 0 aliphatic heterocycles. The maximum absolute atomic E-state index is 12.1. The van der Waals surface area contributed by atoms with Crippen molar-refractivity contribution in [1.29, 1.82) is 0 Å². The van der Waals surface area contributed by atoms with Gasteiger partial charge in [-0.3, -0.25) is 4.79 Å². The van der Waals surface area contributed by atoms with E-state index in [0.29, 0.717) is 38.8 Å². The van der Waals surface area contributed by atoms with Crippen molar-refractivity contribution < 1.29 is 14.3 Å². The van der Waals surface area contributed by atoms with E-state index >= 15 is 0 Å². The van der Waals surface area contributed by atoms with E-state index in [1.165, 1.54) is 11.8 Å². The number of hydrogen-bond acceptors (Lipinski definition) is 5. The predicted molar refractivity (Wildman–Crippen MR) is 108 cm³/mol. The zero-order chi connectivity index (χ0) is 19.4. The Morgan fingerprint density at radius 1 is 1.19 bits per heavy atom. The SMILES string of the molecule is COc1ccc(CNC(=O)CSc2nc3c(Cl)cc(Cl)cc3[nH]2)cc1OC. The fraction of sp³-hybridized carbons (Fsp3) is 0.222. The number of methoxy groups -OCH3 is 2. The van der Waals surface area contributed by atoms with E-state index in [9.17, 15) is 4.79 Å². The van der Waals surface area contributed by atoms with Gasteiger partial charge in [-0.25, -0.2) is 4.98 Å². The van der Waals surface area contributed by atoms with E-state index in [-0.39, 0.29) is 11.7 Å². The van der Waals surface area contributed by atoms with Crippen molar-refractivity contribution in [2.24, 2.45) is 0 Å². The summed E-state index contributed by atoms with van der Waals surface area (Å²) >= 11 is 13.4. The maximum Gasteiger partial charge on any atom is 0.230 e. The van der Waals surface area contributed by atoms with Gasteiger partial charge in [0, 0.05) is 11.6 Å². The Bertz CT molecular complexity index is 978. The molecule has 0 aliphatic rings. The Kier molecular flexibility index (Phi) is 6.36. The number of ether oxygens (including phenoxy) is 2. The molecule has 3 aromatic rings. The van der Waals surface area contributed by atoms with Crippen LogP contribution in [0.2, 0.25) is 10.0 Å². The maximum atomic E-state index is 12.1. The minimum Gasteiger partial charge on any atom is -0.493 e. The molecule has 0 radical (unpaired) electrons. The number of thioether (sulfide) groups is 1. The highest BCUT2D eigenvalue weighted by atomic mass is 35.5. The van der Waals surface area contributed by atoms with Crippen LogP contribution in [0.25, 0.3) is 11.0 Å². The first kappa shape index (κ1) is 19.7. The first-order valence-corrected chi connectivity index (χ1v) is 9.69. The molecule has 142 valence electrons. The molecule has 6 nitrogen and oxygen atoms in total. The molecule has 1 amide bonds. The largest absolute Gasteiger partial charge is 0.493 e. The third kappa shape index (κ3) is 4.80. The van der Waals surface area contributed by atoms with E-state index in [0.717, 1.165) is 11.1 Å². The number of carbonyl (C=O) groups is 1. The fourth-order valence-corrected chi connectivity index (χ4v) is 3.71. The Balaban J connectivity index is 1.56. The first-order chi connectivity index (χ1) is 13.0. The van der Waals surface area contributed by atoms with Crippen molar-refractivity contribution in [1.82, 2.24) is 15.3 Å². The third-order valence-corrected chi connectivity index (χ3v) is 5.14. The molecule has 2 aromatic carbocycles. The van der Waals surface area contributed by atoms with Gasteiger partial charge in [-0.2, -0.15) is 0 Å². The monoisotopic (exact) mass is 425 g/mol. The molecule has 0 unspecified atom stereocenters. The molecule has 2 N–H and O–H groups in total. The summed E-state index contributed by atoms with van der Waals surface area (Å²) in [6.07, 6.45) is 0. The van der Waals surface area contributed by atoms with Crippen molar-refractivity contribution in [2.45, 2.75) is 11.7 Å². The van der Waals surface area contributed by atoms with E-state index in [1.54, 1.807) is 32.4 Å². The van der Waals surface area contributed by atoms with Crippen LogP contribution in [0.5, 0.6) is 11.5 Å². The molecule has 0 fully saturated rings. The molecule has 3 rings (SSSR count). The van der Waals surface area contributed by atoms with Gasteiger partial charge in [-0.1, -0.05) is 41.0 Å². The molecular weight excluding hydrogens is 409 g/mol. The van der Waals surface area contributed by atoms with E-state index in [1.807, 2.05) is 12.1 Å². The van der Waals surface area contributed by atoms with Gasteiger partial charge in [-0.05, 0) is 29.8 Å². The molecule has 1 aromatic heterocycles. The van der Waals surface area contributed by atoms with E-state index < -0.39 is 0 Å². The number of nitrogens with one attached hydrogen (secondary N) is 2. The number of hydrogen-bond donors (Lipinski definition) is 2. The second kappa shape index (κ2) is 8.73. The number of carbonyl (C=O) groups excluding carboxylic acids is 1. The van der Waals surface area contributed by atoms with Gasteiger partial charge < -0.3 is 19.8 Å². The Morgan fingerprint density at radius 3 is 2.70 bits per heavy atom. The average Bonchev–Trinajstić information content (AvgIpc) is 3.07. The highest BCUT2D eigenvalue weighted by Crippen LogP contribution is 2.29. The second-order valence-electron chi connectivity index (χ2n) is 5.58. The lowest BCUT2D eigenvalue weighted by Crippen LogP contribution is -2.24.